The standard InChI is InChI=1S/C17H22FNO2/c1-2-16-13-21-10-8-19(16)12-15-7-6-14(11-17(15)18)5-3-4-9-20/h6-7,11,16,20H,2,4,8-10,12-13H2,1H3. The molecule has 1 heterocycles. The van der Waals surface area contributed by atoms with Crippen molar-refractivity contribution in [2.45, 2.75) is 32.4 Å². The van der Waals surface area contributed by atoms with E-state index in [2.05, 4.69) is 23.7 Å². The van der Waals surface area contributed by atoms with E-state index in [-0.39, 0.29) is 12.4 Å². The molecule has 1 atom stereocenters. The average molecular weight is 291 g/mol. The highest BCUT2D eigenvalue weighted by molar-refractivity contribution is 5.37. The Morgan fingerprint density at radius 2 is 2.33 bits per heavy atom. The van der Waals surface area contributed by atoms with Crippen LogP contribution in [0.25, 0.3) is 0 Å². The smallest absolute Gasteiger partial charge is 0.128 e. The number of aliphatic hydroxyl groups is 1. The molecular formula is C17H22FNO2. The van der Waals surface area contributed by atoms with Crippen LogP contribution in [-0.2, 0) is 11.3 Å². The lowest BCUT2D eigenvalue weighted by molar-refractivity contribution is -0.0131. The van der Waals surface area contributed by atoms with E-state index in [9.17, 15) is 4.39 Å². The zero-order valence-corrected chi connectivity index (χ0v) is 12.4. The molecule has 0 spiro atoms. The molecule has 1 aromatic rings. The van der Waals surface area contributed by atoms with Crippen LogP contribution in [-0.4, -0.2) is 42.4 Å². The van der Waals surface area contributed by atoms with Crippen molar-refractivity contribution in [1.82, 2.24) is 4.90 Å². The van der Waals surface area contributed by atoms with Gasteiger partial charge in [-0.15, -0.1) is 0 Å². The third-order valence-corrected chi connectivity index (χ3v) is 3.72. The van der Waals surface area contributed by atoms with Gasteiger partial charge in [0.25, 0.3) is 0 Å². The summed E-state index contributed by atoms with van der Waals surface area (Å²) in [4.78, 5) is 2.28. The SMILES string of the molecule is CCC1COCCN1Cc1ccc(C#CCCO)cc1F. The fourth-order valence-corrected chi connectivity index (χ4v) is 2.47. The Morgan fingerprint density at radius 3 is 3.05 bits per heavy atom. The zero-order chi connectivity index (χ0) is 15.1. The molecule has 1 saturated heterocycles. The lowest BCUT2D eigenvalue weighted by Crippen LogP contribution is -2.44. The van der Waals surface area contributed by atoms with E-state index in [1.807, 2.05) is 6.07 Å². The van der Waals surface area contributed by atoms with Crippen LogP contribution < -0.4 is 0 Å². The molecule has 1 aliphatic rings. The van der Waals surface area contributed by atoms with Crippen LogP contribution in [0.2, 0.25) is 0 Å². The topological polar surface area (TPSA) is 32.7 Å². The van der Waals surface area contributed by atoms with E-state index in [0.717, 1.165) is 19.6 Å². The van der Waals surface area contributed by atoms with Gasteiger partial charge >= 0.3 is 0 Å². The summed E-state index contributed by atoms with van der Waals surface area (Å²) in [5, 5.41) is 8.68. The zero-order valence-electron chi connectivity index (χ0n) is 12.4. The predicted molar refractivity (Wildman–Crippen MR) is 80.3 cm³/mol. The molecule has 1 fully saturated rings. The maximum atomic E-state index is 14.2. The molecule has 114 valence electrons. The van der Waals surface area contributed by atoms with Crippen molar-refractivity contribution in [3.05, 3.63) is 35.1 Å². The summed E-state index contributed by atoms with van der Waals surface area (Å²) in [6.45, 7) is 5.05. The summed E-state index contributed by atoms with van der Waals surface area (Å²) in [7, 11) is 0. The number of hydrogen-bond acceptors (Lipinski definition) is 3. The normalized spacial score (nSPS) is 19.1. The highest BCUT2D eigenvalue weighted by Crippen LogP contribution is 2.17. The summed E-state index contributed by atoms with van der Waals surface area (Å²) >= 11 is 0. The van der Waals surface area contributed by atoms with Gasteiger partial charge in [0.2, 0.25) is 0 Å². The number of hydrogen-bond donors (Lipinski definition) is 1. The highest BCUT2D eigenvalue weighted by atomic mass is 19.1. The van der Waals surface area contributed by atoms with Crippen LogP contribution in [0.15, 0.2) is 18.2 Å². The molecule has 21 heavy (non-hydrogen) atoms. The van der Waals surface area contributed by atoms with Gasteiger partial charge in [-0.25, -0.2) is 4.39 Å². The molecule has 1 unspecified atom stereocenters. The molecule has 0 saturated carbocycles. The Balaban J connectivity index is 2.05. The van der Waals surface area contributed by atoms with Gasteiger partial charge in [-0.3, -0.25) is 4.90 Å². The first-order chi connectivity index (χ1) is 10.2. The molecule has 0 aromatic heterocycles. The number of nitrogens with zero attached hydrogens (tertiary/aromatic N) is 1. The van der Waals surface area contributed by atoms with Gasteiger partial charge in [-0.05, 0) is 18.6 Å². The summed E-state index contributed by atoms with van der Waals surface area (Å²) in [6, 6.07) is 5.48. The highest BCUT2D eigenvalue weighted by Gasteiger charge is 2.22. The number of halogens is 1. The van der Waals surface area contributed by atoms with Crippen molar-refractivity contribution in [2.24, 2.45) is 0 Å². The van der Waals surface area contributed by atoms with Gasteiger partial charge in [0, 0.05) is 36.7 Å². The van der Waals surface area contributed by atoms with Crippen molar-refractivity contribution in [3.8, 4) is 11.8 Å². The Hall–Kier alpha value is -1.41. The van der Waals surface area contributed by atoms with Crippen molar-refractivity contribution in [2.75, 3.05) is 26.4 Å². The minimum Gasteiger partial charge on any atom is -0.395 e. The number of rotatable bonds is 4. The Kier molecular flexibility index (Phi) is 6.19. The van der Waals surface area contributed by atoms with Crippen molar-refractivity contribution >= 4 is 0 Å². The fraction of sp³-hybridized carbons (Fsp3) is 0.529. The lowest BCUT2D eigenvalue weighted by Gasteiger charge is -2.35. The van der Waals surface area contributed by atoms with E-state index in [4.69, 9.17) is 9.84 Å². The molecule has 0 radical (unpaired) electrons. The predicted octanol–water partition coefficient (Wildman–Crippen LogP) is 2.17. The molecule has 0 aliphatic carbocycles. The number of morpholine rings is 1. The van der Waals surface area contributed by atoms with Crippen LogP contribution >= 0.6 is 0 Å². The van der Waals surface area contributed by atoms with E-state index in [1.165, 1.54) is 6.07 Å². The van der Waals surface area contributed by atoms with Gasteiger partial charge in [0.15, 0.2) is 0 Å². The van der Waals surface area contributed by atoms with Gasteiger partial charge in [0.05, 0.1) is 19.8 Å². The second-order valence-corrected chi connectivity index (χ2v) is 5.19. The molecule has 1 aliphatic heterocycles. The van der Waals surface area contributed by atoms with E-state index in [0.29, 0.717) is 36.7 Å². The Morgan fingerprint density at radius 1 is 1.48 bits per heavy atom. The monoisotopic (exact) mass is 291 g/mol. The molecule has 1 aromatic carbocycles. The third-order valence-electron chi connectivity index (χ3n) is 3.72. The van der Waals surface area contributed by atoms with E-state index >= 15 is 0 Å². The summed E-state index contributed by atoms with van der Waals surface area (Å²) in [6.07, 6.45) is 1.42. The van der Waals surface area contributed by atoms with Crippen LogP contribution in [0.1, 0.15) is 30.9 Å². The van der Waals surface area contributed by atoms with Crippen molar-refractivity contribution in [3.63, 3.8) is 0 Å². The summed E-state index contributed by atoms with van der Waals surface area (Å²) in [5.74, 6) is 5.44. The maximum absolute atomic E-state index is 14.2. The second-order valence-electron chi connectivity index (χ2n) is 5.19. The molecule has 3 nitrogen and oxygen atoms in total. The maximum Gasteiger partial charge on any atom is 0.128 e. The molecule has 4 heteroatoms. The average Bonchev–Trinajstić information content (AvgIpc) is 2.50. The number of benzene rings is 1. The quantitative estimate of drug-likeness (QED) is 0.863. The minimum atomic E-state index is -0.216. The van der Waals surface area contributed by atoms with Gasteiger partial charge in [0.1, 0.15) is 5.82 Å². The van der Waals surface area contributed by atoms with Crippen molar-refractivity contribution < 1.29 is 14.2 Å². The van der Waals surface area contributed by atoms with Crippen LogP contribution in [0.4, 0.5) is 4.39 Å². The van der Waals surface area contributed by atoms with Crippen LogP contribution in [0.3, 0.4) is 0 Å². The second kappa shape index (κ2) is 8.14. The third kappa shape index (κ3) is 4.53. The first kappa shape index (κ1) is 16.0. The first-order valence-corrected chi connectivity index (χ1v) is 7.44. The lowest BCUT2D eigenvalue weighted by atomic mass is 10.1. The summed E-state index contributed by atoms with van der Waals surface area (Å²) < 4.78 is 19.6. The molecular weight excluding hydrogens is 269 g/mol. The molecule has 1 N–H and O–H groups in total. The number of aliphatic hydroxyl groups excluding tert-OH is 1. The van der Waals surface area contributed by atoms with Gasteiger partial charge in [-0.2, -0.15) is 0 Å². The number of ether oxygens (including phenoxy) is 1. The molecule has 2 rings (SSSR count). The molecule has 0 bridgehead atoms. The van der Waals surface area contributed by atoms with E-state index < -0.39 is 0 Å². The van der Waals surface area contributed by atoms with Crippen LogP contribution in [0, 0.1) is 17.7 Å². The molecule has 0 amide bonds. The largest absolute Gasteiger partial charge is 0.395 e. The van der Waals surface area contributed by atoms with Crippen molar-refractivity contribution in [1.29, 1.82) is 0 Å². The fourth-order valence-electron chi connectivity index (χ4n) is 2.47. The summed E-state index contributed by atoms with van der Waals surface area (Å²) in [5.41, 5.74) is 1.35. The Bertz CT molecular complexity index is 521. The van der Waals surface area contributed by atoms with E-state index in [1.54, 1.807) is 6.07 Å². The Labute approximate surface area is 125 Å². The van der Waals surface area contributed by atoms with Gasteiger partial charge in [-0.1, -0.05) is 24.8 Å². The minimum absolute atomic E-state index is 0.0308. The first-order valence-electron chi connectivity index (χ1n) is 7.44. The van der Waals surface area contributed by atoms with Crippen LogP contribution in [0.5, 0.6) is 0 Å². The van der Waals surface area contributed by atoms with Gasteiger partial charge < -0.3 is 9.84 Å².